The van der Waals surface area contributed by atoms with Gasteiger partial charge in [-0.1, -0.05) is 0 Å². The number of nitrogens with one attached hydrogen (secondary N) is 5. The van der Waals surface area contributed by atoms with Gasteiger partial charge in [0.05, 0.1) is 37.4 Å². The van der Waals surface area contributed by atoms with E-state index in [2.05, 4.69) is 36.6 Å². The smallest absolute Gasteiger partial charge is 0.339 e. The van der Waals surface area contributed by atoms with Crippen molar-refractivity contribution in [3.63, 3.8) is 0 Å². The van der Waals surface area contributed by atoms with Gasteiger partial charge in [0.15, 0.2) is 0 Å². The molecule has 64 heavy (non-hydrogen) atoms. The number of hydrogen-bond acceptors (Lipinski definition) is 11. The molecule has 2 saturated carbocycles. The predicted molar refractivity (Wildman–Crippen MR) is 241 cm³/mol. The second-order valence-electron chi connectivity index (χ2n) is 15.2. The first-order valence-corrected chi connectivity index (χ1v) is 20.6. The molecule has 0 aliphatic heterocycles. The summed E-state index contributed by atoms with van der Waals surface area (Å²) in [6, 6.07) is 20.8. The molecule has 2 heterocycles. The quantitative estimate of drug-likeness (QED) is 0.0537. The van der Waals surface area contributed by atoms with Crippen LogP contribution in [0.25, 0.3) is 21.8 Å². The summed E-state index contributed by atoms with van der Waals surface area (Å²) in [6.45, 7) is 4.56. The second-order valence-corrected chi connectivity index (χ2v) is 15.2. The van der Waals surface area contributed by atoms with Gasteiger partial charge in [0.1, 0.15) is 40.1 Å². The number of fused-ring (bicyclic) bond motifs is 2. The minimum absolute atomic E-state index is 0.0280. The minimum atomic E-state index is -1.10. The zero-order valence-corrected chi connectivity index (χ0v) is 36.0. The third-order valence-corrected chi connectivity index (χ3v) is 10.3. The number of carbonyl (C=O) groups excluding carboxylic acids is 3. The first kappa shape index (κ1) is 44.4. The van der Waals surface area contributed by atoms with Crippen LogP contribution in [0, 0.1) is 13.8 Å². The lowest BCUT2D eigenvalue weighted by molar-refractivity contribution is 0.0693. The van der Waals surface area contributed by atoms with E-state index in [1.54, 1.807) is 80.2 Å². The molecule has 0 saturated heterocycles. The van der Waals surface area contributed by atoms with Gasteiger partial charge in [0.2, 0.25) is 0 Å². The maximum atomic E-state index is 12.7. The summed E-state index contributed by atoms with van der Waals surface area (Å²) in [5, 5.41) is 25.0. The third kappa shape index (κ3) is 11.2. The molecule has 4 aromatic carbocycles. The molecular formula is C47H49N7O10. The Labute approximate surface area is 368 Å². The van der Waals surface area contributed by atoms with Crippen LogP contribution in [-0.4, -0.2) is 85.6 Å². The average Bonchev–Trinajstić information content (AvgIpc) is 4.23. The Morgan fingerprint density at radius 2 is 1.09 bits per heavy atom. The summed E-state index contributed by atoms with van der Waals surface area (Å²) in [5.74, 6) is 1.45. The third-order valence-electron chi connectivity index (χ3n) is 10.3. The van der Waals surface area contributed by atoms with Crippen LogP contribution >= 0.6 is 0 Å². The number of amides is 5. The number of hydrogen-bond donors (Lipinski definition) is 6. The van der Waals surface area contributed by atoms with Gasteiger partial charge in [0, 0.05) is 72.4 Å². The number of aryl methyl sites for hydroxylation is 2. The number of carboxylic acid groups (broad SMARTS) is 1. The van der Waals surface area contributed by atoms with Crippen molar-refractivity contribution < 1.29 is 48.0 Å². The van der Waals surface area contributed by atoms with Crippen LogP contribution < -0.4 is 45.5 Å². The van der Waals surface area contributed by atoms with Gasteiger partial charge < -0.3 is 55.4 Å². The number of anilines is 2. The first-order valence-electron chi connectivity index (χ1n) is 20.6. The standard InChI is InChI=1S/C25H28N4O5.C22H21N3O5/c1-15-12-17(6-7-20(15)29-25(31)28-16-4-5-16)34-22-8-9-26-21-14-23(33-3)19(13-18(21)22)24(30)27-10-11-32-2;1-12-9-14(5-6-17(12)25-22(28)24-13-3-4-13)30-19-7-8-23-18-11-20(29-2)16(21(26)27)10-15(18)19/h6-9,12-14,16H,4-5,10-11H2,1-3H3,(H,27,30)(H2,28,29,31);5-11,13H,3-4H2,1-2H3,(H,26,27)(H2,24,25,28). The van der Waals surface area contributed by atoms with Crippen molar-refractivity contribution in [3.05, 3.63) is 107 Å². The SMILES string of the molecule is COCCNC(=O)c1cc2c(Oc3ccc(NC(=O)NC4CC4)c(C)c3)ccnc2cc1OC.COc1cc2nccc(Oc3ccc(NC(=O)NC4CC4)c(C)c3)c2cc1C(=O)O. The highest BCUT2D eigenvalue weighted by atomic mass is 16.5. The second kappa shape index (κ2) is 20.0. The molecule has 2 aliphatic carbocycles. The van der Waals surface area contributed by atoms with E-state index in [4.69, 9.17) is 23.7 Å². The number of urea groups is 2. The molecule has 8 rings (SSSR count). The number of carboxylic acids is 1. The number of rotatable bonds is 15. The molecule has 5 amide bonds. The zero-order valence-electron chi connectivity index (χ0n) is 36.0. The van der Waals surface area contributed by atoms with Gasteiger partial charge in [-0.2, -0.15) is 0 Å². The summed E-state index contributed by atoms with van der Waals surface area (Å²) in [4.78, 5) is 56.9. The van der Waals surface area contributed by atoms with Crippen LogP contribution in [0.4, 0.5) is 21.0 Å². The van der Waals surface area contributed by atoms with E-state index in [-0.39, 0.29) is 41.4 Å². The highest BCUT2D eigenvalue weighted by molar-refractivity contribution is 6.02. The highest BCUT2D eigenvalue weighted by Gasteiger charge is 2.25. The van der Waals surface area contributed by atoms with Gasteiger partial charge >= 0.3 is 18.0 Å². The lowest BCUT2D eigenvalue weighted by atomic mass is 10.1. The van der Waals surface area contributed by atoms with E-state index < -0.39 is 5.97 Å². The lowest BCUT2D eigenvalue weighted by Gasteiger charge is -2.14. The van der Waals surface area contributed by atoms with E-state index in [1.165, 1.54) is 20.3 Å². The van der Waals surface area contributed by atoms with E-state index in [0.717, 1.165) is 36.8 Å². The molecular weight excluding hydrogens is 823 g/mol. The maximum Gasteiger partial charge on any atom is 0.339 e. The van der Waals surface area contributed by atoms with E-state index in [1.807, 2.05) is 19.9 Å². The van der Waals surface area contributed by atoms with E-state index >= 15 is 0 Å². The number of pyridine rings is 2. The van der Waals surface area contributed by atoms with Gasteiger partial charge in [-0.05, 0) is 111 Å². The molecule has 2 fully saturated rings. The largest absolute Gasteiger partial charge is 0.496 e. The molecule has 0 spiro atoms. The first-order chi connectivity index (χ1) is 30.9. The number of aromatic nitrogens is 2. The molecule has 0 bridgehead atoms. The van der Waals surface area contributed by atoms with Crippen molar-refractivity contribution in [2.24, 2.45) is 0 Å². The van der Waals surface area contributed by atoms with Crippen LogP contribution in [0.2, 0.25) is 0 Å². The summed E-state index contributed by atoms with van der Waals surface area (Å²) in [7, 11) is 4.50. The van der Waals surface area contributed by atoms with Crippen molar-refractivity contribution in [1.29, 1.82) is 0 Å². The fourth-order valence-corrected chi connectivity index (χ4v) is 6.60. The number of methoxy groups -OCH3 is 3. The Balaban J connectivity index is 0.000000193. The Morgan fingerprint density at radius 1 is 0.625 bits per heavy atom. The molecule has 17 heteroatoms. The van der Waals surface area contributed by atoms with Crippen molar-refractivity contribution in [2.45, 2.75) is 51.6 Å². The molecule has 0 unspecified atom stereocenters. The predicted octanol–water partition coefficient (Wildman–Crippen LogP) is 8.33. The number of ether oxygens (including phenoxy) is 5. The molecule has 17 nitrogen and oxygen atoms in total. The summed E-state index contributed by atoms with van der Waals surface area (Å²) in [5.41, 5.74) is 4.70. The van der Waals surface area contributed by atoms with Crippen molar-refractivity contribution in [3.8, 4) is 34.5 Å². The minimum Gasteiger partial charge on any atom is -0.496 e. The Kier molecular flexibility index (Phi) is 13.9. The summed E-state index contributed by atoms with van der Waals surface area (Å²) >= 11 is 0. The van der Waals surface area contributed by atoms with Crippen molar-refractivity contribution in [2.75, 3.05) is 45.1 Å². The maximum absolute atomic E-state index is 12.7. The van der Waals surface area contributed by atoms with Gasteiger partial charge in [-0.25, -0.2) is 14.4 Å². The van der Waals surface area contributed by atoms with Crippen LogP contribution in [0.1, 0.15) is 57.5 Å². The van der Waals surface area contributed by atoms with Crippen LogP contribution in [0.15, 0.2) is 85.2 Å². The Hall–Kier alpha value is -7.66. The van der Waals surface area contributed by atoms with Crippen molar-refractivity contribution >= 4 is 57.1 Å². The molecule has 0 atom stereocenters. The topological polar surface area (TPSA) is 221 Å². The van der Waals surface area contributed by atoms with Crippen LogP contribution in [0.3, 0.4) is 0 Å². The van der Waals surface area contributed by atoms with Crippen LogP contribution in [-0.2, 0) is 4.74 Å². The normalized spacial score (nSPS) is 12.9. The molecule has 2 aromatic heterocycles. The van der Waals surface area contributed by atoms with Gasteiger partial charge in [-0.3, -0.25) is 14.8 Å². The average molecular weight is 872 g/mol. The number of nitrogens with zero attached hydrogens (tertiary/aromatic N) is 2. The van der Waals surface area contributed by atoms with Gasteiger partial charge in [-0.15, -0.1) is 0 Å². The zero-order chi connectivity index (χ0) is 45.3. The summed E-state index contributed by atoms with van der Waals surface area (Å²) < 4.78 is 27.7. The van der Waals surface area contributed by atoms with E-state index in [9.17, 15) is 24.3 Å². The Morgan fingerprint density at radius 3 is 1.52 bits per heavy atom. The molecule has 332 valence electrons. The molecule has 6 N–H and O–H groups in total. The fraction of sp³-hybridized carbons (Fsp3) is 0.277. The lowest BCUT2D eigenvalue weighted by Crippen LogP contribution is -2.30. The molecule has 6 aromatic rings. The van der Waals surface area contributed by atoms with Gasteiger partial charge in [0.25, 0.3) is 5.91 Å². The van der Waals surface area contributed by atoms with Crippen LogP contribution in [0.5, 0.6) is 34.5 Å². The van der Waals surface area contributed by atoms with E-state index in [0.29, 0.717) is 80.6 Å². The highest BCUT2D eigenvalue weighted by Crippen LogP contribution is 2.36. The molecule has 0 radical (unpaired) electrons. The summed E-state index contributed by atoms with van der Waals surface area (Å²) in [6.07, 6.45) is 7.33. The number of carbonyl (C=O) groups is 4. The Bertz CT molecular complexity index is 2720. The van der Waals surface area contributed by atoms with Crippen molar-refractivity contribution in [1.82, 2.24) is 25.9 Å². The molecule has 2 aliphatic rings. The number of aromatic carboxylic acids is 1. The fourth-order valence-electron chi connectivity index (χ4n) is 6.60. The monoisotopic (exact) mass is 871 g/mol. The number of benzene rings is 4.